The standard InChI is InChI=1S/C12H17N3O2.ClH/c1-8(2)15-11(16)7-14-12(17)9-4-3-5-10(13)6-9;/h3-6,8H,7,13H2,1-2H3,(H,14,17)(H,15,16);1H. The van der Waals surface area contributed by atoms with E-state index in [0.29, 0.717) is 11.3 Å². The number of hydrogen-bond acceptors (Lipinski definition) is 3. The number of anilines is 1. The van der Waals surface area contributed by atoms with Crippen molar-refractivity contribution in [2.75, 3.05) is 12.3 Å². The summed E-state index contributed by atoms with van der Waals surface area (Å²) in [7, 11) is 0. The molecule has 0 aromatic heterocycles. The van der Waals surface area contributed by atoms with E-state index in [0.717, 1.165) is 0 Å². The van der Waals surface area contributed by atoms with Crippen molar-refractivity contribution in [2.45, 2.75) is 19.9 Å². The van der Waals surface area contributed by atoms with Crippen molar-refractivity contribution >= 4 is 29.9 Å². The molecule has 0 radical (unpaired) electrons. The molecule has 2 amide bonds. The van der Waals surface area contributed by atoms with E-state index in [1.54, 1.807) is 24.3 Å². The van der Waals surface area contributed by atoms with Crippen LogP contribution in [0.3, 0.4) is 0 Å². The van der Waals surface area contributed by atoms with Crippen molar-refractivity contribution in [2.24, 2.45) is 0 Å². The maximum Gasteiger partial charge on any atom is 0.251 e. The van der Waals surface area contributed by atoms with Crippen LogP contribution in [0, 0.1) is 0 Å². The van der Waals surface area contributed by atoms with Crippen LogP contribution in [0.1, 0.15) is 24.2 Å². The Balaban J connectivity index is 0.00000289. The highest BCUT2D eigenvalue weighted by Crippen LogP contribution is 2.05. The van der Waals surface area contributed by atoms with Gasteiger partial charge < -0.3 is 16.4 Å². The van der Waals surface area contributed by atoms with E-state index in [9.17, 15) is 9.59 Å². The van der Waals surface area contributed by atoms with Gasteiger partial charge in [0, 0.05) is 17.3 Å². The second-order valence-corrected chi connectivity index (χ2v) is 4.03. The molecule has 0 unspecified atom stereocenters. The Kier molecular flexibility index (Phi) is 6.82. The molecular weight excluding hydrogens is 254 g/mol. The van der Waals surface area contributed by atoms with Gasteiger partial charge in [0.1, 0.15) is 0 Å². The van der Waals surface area contributed by atoms with Crippen molar-refractivity contribution in [3.8, 4) is 0 Å². The number of nitrogens with two attached hydrogens (primary N) is 1. The van der Waals surface area contributed by atoms with Crippen LogP contribution < -0.4 is 16.4 Å². The molecule has 0 aliphatic carbocycles. The van der Waals surface area contributed by atoms with Gasteiger partial charge in [-0.25, -0.2) is 0 Å². The second kappa shape index (κ2) is 7.55. The van der Waals surface area contributed by atoms with Gasteiger partial charge in [-0.1, -0.05) is 6.07 Å². The van der Waals surface area contributed by atoms with Crippen LogP contribution in [0.2, 0.25) is 0 Å². The zero-order valence-corrected chi connectivity index (χ0v) is 11.2. The number of carbonyl (C=O) groups is 2. The highest BCUT2D eigenvalue weighted by Gasteiger charge is 2.08. The lowest BCUT2D eigenvalue weighted by molar-refractivity contribution is -0.120. The van der Waals surface area contributed by atoms with Crippen LogP contribution in [-0.4, -0.2) is 24.4 Å². The van der Waals surface area contributed by atoms with Gasteiger partial charge >= 0.3 is 0 Å². The molecule has 1 aromatic carbocycles. The molecule has 0 fully saturated rings. The van der Waals surface area contributed by atoms with E-state index in [-0.39, 0.29) is 36.8 Å². The predicted molar refractivity (Wildman–Crippen MR) is 73.7 cm³/mol. The molecule has 1 aromatic rings. The van der Waals surface area contributed by atoms with E-state index < -0.39 is 0 Å². The van der Waals surface area contributed by atoms with Crippen LogP contribution in [0.4, 0.5) is 5.69 Å². The third-order valence-electron chi connectivity index (χ3n) is 2.01. The van der Waals surface area contributed by atoms with Gasteiger partial charge in [0.25, 0.3) is 5.91 Å². The maximum atomic E-state index is 11.6. The summed E-state index contributed by atoms with van der Waals surface area (Å²) >= 11 is 0. The van der Waals surface area contributed by atoms with Gasteiger partial charge in [-0.3, -0.25) is 9.59 Å². The number of benzene rings is 1. The molecular formula is C12H18ClN3O2. The topological polar surface area (TPSA) is 84.2 Å². The fraction of sp³-hybridized carbons (Fsp3) is 0.333. The minimum absolute atomic E-state index is 0. The molecule has 4 N–H and O–H groups in total. The number of amides is 2. The molecule has 0 bridgehead atoms. The average Bonchev–Trinajstić information content (AvgIpc) is 2.25. The molecule has 100 valence electrons. The van der Waals surface area contributed by atoms with Crippen molar-refractivity contribution in [1.82, 2.24) is 10.6 Å². The fourth-order valence-electron chi connectivity index (χ4n) is 1.32. The minimum Gasteiger partial charge on any atom is -0.399 e. The molecule has 0 spiro atoms. The molecule has 0 saturated heterocycles. The molecule has 6 heteroatoms. The number of halogens is 1. The first-order valence-electron chi connectivity index (χ1n) is 5.42. The summed E-state index contributed by atoms with van der Waals surface area (Å²) in [4.78, 5) is 22.9. The van der Waals surface area contributed by atoms with Crippen molar-refractivity contribution in [1.29, 1.82) is 0 Å². The van der Waals surface area contributed by atoms with Crippen LogP contribution in [0.25, 0.3) is 0 Å². The second-order valence-electron chi connectivity index (χ2n) is 4.03. The first kappa shape index (κ1) is 16.2. The Bertz CT molecular complexity index is 422. The van der Waals surface area contributed by atoms with E-state index in [4.69, 9.17) is 5.73 Å². The van der Waals surface area contributed by atoms with Crippen molar-refractivity contribution in [3.63, 3.8) is 0 Å². The third-order valence-corrected chi connectivity index (χ3v) is 2.01. The van der Waals surface area contributed by atoms with Gasteiger partial charge in [0.05, 0.1) is 6.54 Å². The van der Waals surface area contributed by atoms with E-state index in [1.807, 2.05) is 13.8 Å². The Morgan fingerprint density at radius 1 is 1.33 bits per heavy atom. The molecule has 5 nitrogen and oxygen atoms in total. The summed E-state index contributed by atoms with van der Waals surface area (Å²) in [5, 5.41) is 5.21. The van der Waals surface area contributed by atoms with Crippen LogP contribution in [-0.2, 0) is 4.79 Å². The number of rotatable bonds is 4. The lowest BCUT2D eigenvalue weighted by Crippen LogP contribution is -2.39. The van der Waals surface area contributed by atoms with Crippen LogP contribution in [0.5, 0.6) is 0 Å². The molecule has 0 aliphatic heterocycles. The van der Waals surface area contributed by atoms with Gasteiger partial charge in [-0.05, 0) is 32.0 Å². The Morgan fingerprint density at radius 3 is 2.56 bits per heavy atom. The van der Waals surface area contributed by atoms with Gasteiger partial charge in [0.15, 0.2) is 0 Å². The summed E-state index contributed by atoms with van der Waals surface area (Å²) in [5.74, 6) is -0.520. The summed E-state index contributed by atoms with van der Waals surface area (Å²) in [6.07, 6.45) is 0. The monoisotopic (exact) mass is 271 g/mol. The van der Waals surface area contributed by atoms with Crippen molar-refractivity contribution < 1.29 is 9.59 Å². The minimum atomic E-state index is -0.309. The summed E-state index contributed by atoms with van der Waals surface area (Å²) in [6, 6.07) is 6.66. The fourth-order valence-corrected chi connectivity index (χ4v) is 1.32. The SMILES string of the molecule is CC(C)NC(=O)CNC(=O)c1cccc(N)c1.Cl. The highest BCUT2D eigenvalue weighted by atomic mass is 35.5. The van der Waals surface area contributed by atoms with E-state index in [1.165, 1.54) is 0 Å². The van der Waals surface area contributed by atoms with Crippen LogP contribution in [0.15, 0.2) is 24.3 Å². The first-order valence-corrected chi connectivity index (χ1v) is 5.42. The molecule has 0 aliphatic rings. The Hall–Kier alpha value is -1.75. The summed E-state index contributed by atoms with van der Waals surface area (Å²) in [5.41, 5.74) is 6.52. The zero-order chi connectivity index (χ0) is 12.8. The van der Waals surface area contributed by atoms with E-state index in [2.05, 4.69) is 10.6 Å². The Labute approximate surface area is 113 Å². The van der Waals surface area contributed by atoms with E-state index >= 15 is 0 Å². The summed E-state index contributed by atoms with van der Waals surface area (Å²) in [6.45, 7) is 3.68. The van der Waals surface area contributed by atoms with Gasteiger partial charge in [0.2, 0.25) is 5.91 Å². The number of hydrogen-bond donors (Lipinski definition) is 3. The lowest BCUT2D eigenvalue weighted by atomic mass is 10.2. The van der Waals surface area contributed by atoms with Crippen LogP contribution >= 0.6 is 12.4 Å². The Morgan fingerprint density at radius 2 is 2.00 bits per heavy atom. The number of carbonyl (C=O) groups excluding carboxylic acids is 2. The molecule has 0 saturated carbocycles. The molecule has 1 rings (SSSR count). The molecule has 0 atom stereocenters. The largest absolute Gasteiger partial charge is 0.399 e. The predicted octanol–water partition coefficient (Wildman–Crippen LogP) is 0.945. The molecule has 18 heavy (non-hydrogen) atoms. The first-order chi connectivity index (χ1) is 7.99. The van der Waals surface area contributed by atoms with Gasteiger partial charge in [-0.2, -0.15) is 0 Å². The zero-order valence-electron chi connectivity index (χ0n) is 10.4. The summed E-state index contributed by atoms with van der Waals surface area (Å²) < 4.78 is 0. The molecule has 0 heterocycles. The quantitative estimate of drug-likeness (QED) is 0.713. The lowest BCUT2D eigenvalue weighted by Gasteiger charge is -2.09. The maximum absolute atomic E-state index is 11.6. The highest BCUT2D eigenvalue weighted by molar-refractivity contribution is 5.97. The third kappa shape index (κ3) is 5.54. The van der Waals surface area contributed by atoms with Crippen molar-refractivity contribution in [3.05, 3.63) is 29.8 Å². The normalized spacial score (nSPS) is 9.50. The average molecular weight is 272 g/mol. The van der Waals surface area contributed by atoms with Gasteiger partial charge in [-0.15, -0.1) is 12.4 Å². The smallest absolute Gasteiger partial charge is 0.251 e. The number of nitrogen functional groups attached to an aromatic ring is 1. The number of nitrogens with one attached hydrogen (secondary N) is 2.